The van der Waals surface area contributed by atoms with Crippen LogP contribution in [0.3, 0.4) is 0 Å². The summed E-state index contributed by atoms with van der Waals surface area (Å²) in [7, 11) is 0. The maximum Gasteiger partial charge on any atom is 0.266 e. The third kappa shape index (κ3) is 3.15. The summed E-state index contributed by atoms with van der Waals surface area (Å²) < 4.78 is 15.5. The summed E-state index contributed by atoms with van der Waals surface area (Å²) in [5.41, 5.74) is 2.41. The summed E-state index contributed by atoms with van der Waals surface area (Å²) in [6, 6.07) is 15.7. The van der Waals surface area contributed by atoms with Crippen LogP contribution in [-0.4, -0.2) is 14.5 Å². The van der Waals surface area contributed by atoms with Crippen molar-refractivity contribution >= 4 is 23.1 Å². The van der Waals surface area contributed by atoms with E-state index in [0.717, 1.165) is 11.3 Å². The average molecular weight is 357 g/mol. The van der Waals surface area contributed by atoms with E-state index in [4.69, 9.17) is 0 Å². The highest BCUT2D eigenvalue weighted by molar-refractivity contribution is 5.79. The molecule has 5 heteroatoms. The molecule has 2 aromatic carbocycles. The molecular weight excluding hydrogens is 341 g/mol. The van der Waals surface area contributed by atoms with Crippen molar-refractivity contribution in [1.29, 1.82) is 0 Å². The largest absolute Gasteiger partial charge is 0.268 e. The number of hydrogen-bond donors (Lipinski definition) is 0. The Bertz CT molecular complexity index is 1230. The van der Waals surface area contributed by atoms with Gasteiger partial charge in [0.1, 0.15) is 11.6 Å². The molecule has 0 aliphatic rings. The molecule has 0 saturated heterocycles. The van der Waals surface area contributed by atoms with E-state index in [2.05, 4.69) is 9.97 Å². The normalized spacial score (nSPS) is 11.3. The first kappa shape index (κ1) is 16.8. The summed E-state index contributed by atoms with van der Waals surface area (Å²) in [6.45, 7) is 1.93. The quantitative estimate of drug-likeness (QED) is 0.546. The van der Waals surface area contributed by atoms with Crippen molar-refractivity contribution in [3.63, 3.8) is 0 Å². The minimum Gasteiger partial charge on any atom is -0.268 e. The molecule has 0 aliphatic heterocycles. The van der Waals surface area contributed by atoms with Gasteiger partial charge in [-0.3, -0.25) is 14.3 Å². The lowest BCUT2D eigenvalue weighted by Gasteiger charge is -2.13. The van der Waals surface area contributed by atoms with Crippen LogP contribution in [0.2, 0.25) is 0 Å². The molecule has 0 bridgehead atoms. The van der Waals surface area contributed by atoms with Crippen molar-refractivity contribution in [1.82, 2.24) is 14.5 Å². The zero-order valence-corrected chi connectivity index (χ0v) is 14.6. The molecule has 0 radical (unpaired) electrons. The second-order valence-electron chi connectivity index (χ2n) is 6.14. The summed E-state index contributed by atoms with van der Waals surface area (Å²) in [4.78, 5) is 21.8. The predicted octanol–water partition coefficient (Wildman–Crippen LogP) is 4.40. The highest BCUT2D eigenvalue weighted by atomic mass is 19.1. The molecule has 132 valence electrons. The van der Waals surface area contributed by atoms with Crippen molar-refractivity contribution in [2.75, 3.05) is 0 Å². The van der Waals surface area contributed by atoms with Gasteiger partial charge in [0.15, 0.2) is 0 Å². The van der Waals surface area contributed by atoms with Gasteiger partial charge < -0.3 is 0 Å². The van der Waals surface area contributed by atoms with Gasteiger partial charge in [0.2, 0.25) is 0 Å². The second kappa shape index (κ2) is 6.96. The van der Waals surface area contributed by atoms with Gasteiger partial charge in [-0.2, -0.15) is 0 Å². The molecule has 4 aromatic rings. The van der Waals surface area contributed by atoms with E-state index in [1.807, 2.05) is 31.2 Å². The zero-order chi connectivity index (χ0) is 18.8. The molecule has 2 heterocycles. The van der Waals surface area contributed by atoms with Crippen LogP contribution in [-0.2, 0) is 0 Å². The zero-order valence-electron chi connectivity index (χ0n) is 14.6. The molecule has 0 fully saturated rings. The first-order chi connectivity index (χ1) is 13.1. The monoisotopic (exact) mass is 357 g/mol. The van der Waals surface area contributed by atoms with E-state index >= 15 is 0 Å². The molecule has 0 aliphatic carbocycles. The Hall–Kier alpha value is -3.60. The molecule has 0 spiro atoms. The number of para-hydroxylation sites is 1. The van der Waals surface area contributed by atoms with Crippen LogP contribution in [0.25, 0.3) is 28.7 Å². The molecule has 4 nitrogen and oxygen atoms in total. The molecular formula is C22H16FN3O. The molecule has 27 heavy (non-hydrogen) atoms. The minimum atomic E-state index is -0.332. The third-order valence-corrected chi connectivity index (χ3v) is 4.37. The molecule has 0 N–H and O–H groups in total. The summed E-state index contributed by atoms with van der Waals surface area (Å²) in [5, 5.41) is 0.483. The van der Waals surface area contributed by atoms with Gasteiger partial charge >= 0.3 is 0 Å². The highest BCUT2D eigenvalue weighted by Crippen LogP contribution is 2.18. The minimum absolute atomic E-state index is 0.190. The maximum absolute atomic E-state index is 14.0. The molecule has 0 atom stereocenters. The van der Waals surface area contributed by atoms with Gasteiger partial charge in [-0.25, -0.2) is 9.37 Å². The molecule has 0 amide bonds. The van der Waals surface area contributed by atoms with E-state index in [9.17, 15) is 9.18 Å². The number of aryl methyl sites for hydroxylation is 1. The molecule has 4 rings (SSSR count). The second-order valence-corrected chi connectivity index (χ2v) is 6.14. The van der Waals surface area contributed by atoms with Crippen LogP contribution in [0.5, 0.6) is 0 Å². The Morgan fingerprint density at radius 2 is 1.78 bits per heavy atom. The van der Waals surface area contributed by atoms with Crippen LogP contribution in [0.1, 0.15) is 17.0 Å². The number of fused-ring (bicyclic) bond motifs is 1. The van der Waals surface area contributed by atoms with Gasteiger partial charge in [-0.05, 0) is 42.8 Å². The Kier molecular flexibility index (Phi) is 4.34. The van der Waals surface area contributed by atoms with Gasteiger partial charge in [0, 0.05) is 11.8 Å². The van der Waals surface area contributed by atoms with Gasteiger partial charge in [0.05, 0.1) is 22.8 Å². The van der Waals surface area contributed by atoms with Crippen molar-refractivity contribution in [3.05, 3.63) is 100 Å². The van der Waals surface area contributed by atoms with E-state index in [1.54, 1.807) is 53.4 Å². The van der Waals surface area contributed by atoms with Crippen molar-refractivity contribution in [2.24, 2.45) is 0 Å². The summed E-state index contributed by atoms with van der Waals surface area (Å²) in [5.74, 6) is 0.0825. The number of aromatic nitrogens is 3. The lowest BCUT2D eigenvalue weighted by atomic mass is 10.1. The number of halogens is 1. The SMILES string of the molecule is Cc1ccccc1-n1c(/C=C/c2ccccc2F)nc2cnccc2c1=O. The Labute approximate surface area is 155 Å². The number of pyridine rings is 1. The van der Waals surface area contributed by atoms with Gasteiger partial charge in [-0.1, -0.05) is 36.4 Å². The fourth-order valence-corrected chi connectivity index (χ4v) is 2.99. The van der Waals surface area contributed by atoms with E-state index < -0.39 is 0 Å². The van der Waals surface area contributed by atoms with Crippen molar-refractivity contribution in [2.45, 2.75) is 6.92 Å². The topological polar surface area (TPSA) is 47.8 Å². The Morgan fingerprint density at radius 1 is 1.00 bits per heavy atom. The van der Waals surface area contributed by atoms with Crippen molar-refractivity contribution in [3.8, 4) is 5.69 Å². The maximum atomic E-state index is 14.0. The fourth-order valence-electron chi connectivity index (χ4n) is 2.99. The van der Waals surface area contributed by atoms with E-state index in [0.29, 0.717) is 22.3 Å². The van der Waals surface area contributed by atoms with E-state index in [-0.39, 0.29) is 11.4 Å². The standard InChI is InChI=1S/C22H16FN3O/c1-15-6-2-5-9-20(15)26-21(11-10-16-7-3-4-8-18(16)23)25-19-14-24-13-12-17(19)22(26)27/h2-14H,1H3/b11-10+. The van der Waals surface area contributed by atoms with Crippen molar-refractivity contribution < 1.29 is 4.39 Å². The van der Waals surface area contributed by atoms with E-state index in [1.165, 1.54) is 6.07 Å². The molecule has 0 unspecified atom stereocenters. The first-order valence-electron chi connectivity index (χ1n) is 8.50. The van der Waals surface area contributed by atoms with Crippen LogP contribution in [0.4, 0.5) is 4.39 Å². The lowest BCUT2D eigenvalue weighted by molar-refractivity contribution is 0.625. The Morgan fingerprint density at radius 3 is 2.59 bits per heavy atom. The first-order valence-corrected chi connectivity index (χ1v) is 8.50. The number of rotatable bonds is 3. The smallest absolute Gasteiger partial charge is 0.266 e. The van der Waals surface area contributed by atoms with Crippen LogP contribution >= 0.6 is 0 Å². The Balaban J connectivity index is 1.99. The number of benzene rings is 2. The van der Waals surface area contributed by atoms with Crippen LogP contribution < -0.4 is 5.56 Å². The summed E-state index contributed by atoms with van der Waals surface area (Å²) >= 11 is 0. The highest BCUT2D eigenvalue weighted by Gasteiger charge is 2.12. The molecule has 0 saturated carbocycles. The summed E-state index contributed by atoms with van der Waals surface area (Å²) in [6.07, 6.45) is 6.40. The van der Waals surface area contributed by atoms with Gasteiger partial charge in [0.25, 0.3) is 5.56 Å². The lowest BCUT2D eigenvalue weighted by Crippen LogP contribution is -2.23. The number of nitrogens with zero attached hydrogens (tertiary/aromatic N) is 3. The fraction of sp³-hybridized carbons (Fsp3) is 0.0455. The number of hydrogen-bond acceptors (Lipinski definition) is 3. The average Bonchev–Trinajstić information content (AvgIpc) is 2.68. The van der Waals surface area contributed by atoms with Gasteiger partial charge in [-0.15, -0.1) is 0 Å². The van der Waals surface area contributed by atoms with Crippen LogP contribution in [0, 0.1) is 12.7 Å². The third-order valence-electron chi connectivity index (χ3n) is 4.37. The van der Waals surface area contributed by atoms with Crippen LogP contribution in [0.15, 0.2) is 71.8 Å². The predicted molar refractivity (Wildman–Crippen MR) is 105 cm³/mol. The molecule has 2 aromatic heterocycles.